The molecule has 0 aromatic carbocycles. The van der Waals surface area contributed by atoms with E-state index in [1.54, 1.807) is 0 Å². The van der Waals surface area contributed by atoms with Crippen LogP contribution in [0.1, 0.15) is 143 Å². The minimum atomic E-state index is -0.837. The Hall–Kier alpha value is -1.06. The number of rotatable bonds is 19. The van der Waals surface area contributed by atoms with Gasteiger partial charge in [-0.25, -0.2) is 0 Å². The van der Waals surface area contributed by atoms with E-state index in [1.807, 2.05) is 0 Å². The Balaban J connectivity index is 2.43. The summed E-state index contributed by atoms with van der Waals surface area (Å²) in [7, 11) is 0. The van der Waals surface area contributed by atoms with Gasteiger partial charge >= 0.3 is 11.9 Å². The first-order chi connectivity index (χ1) is 15.5. The van der Waals surface area contributed by atoms with Gasteiger partial charge in [0.25, 0.3) is 0 Å². The lowest BCUT2D eigenvalue weighted by Gasteiger charge is -2.29. The van der Waals surface area contributed by atoms with Gasteiger partial charge in [-0.1, -0.05) is 104 Å². The normalized spacial score (nSPS) is 19.8. The Kier molecular flexibility index (Phi) is 16.6. The van der Waals surface area contributed by atoms with Crippen LogP contribution in [0.4, 0.5) is 0 Å². The van der Waals surface area contributed by atoms with Crippen LogP contribution < -0.4 is 0 Å². The van der Waals surface area contributed by atoms with Gasteiger partial charge in [0, 0.05) is 0 Å². The molecule has 0 bridgehead atoms. The maximum atomic E-state index is 12.9. The van der Waals surface area contributed by atoms with E-state index in [9.17, 15) is 14.7 Å². The molecular weight excluding hydrogens is 400 g/mol. The zero-order valence-electron chi connectivity index (χ0n) is 21.4. The summed E-state index contributed by atoms with van der Waals surface area (Å²) in [5.74, 6) is -1.33. The molecule has 3 atom stereocenters. The zero-order chi connectivity index (χ0) is 23.6. The summed E-state index contributed by atoms with van der Waals surface area (Å²) < 4.78 is 5.97. The molecule has 188 valence electrons. The molecular formula is C28H52O4. The number of esters is 1. The van der Waals surface area contributed by atoms with Gasteiger partial charge in [-0.05, 0) is 44.4 Å². The number of carboxylic acids is 1. The summed E-state index contributed by atoms with van der Waals surface area (Å²) in [6.45, 7) is 6.79. The van der Waals surface area contributed by atoms with Gasteiger partial charge in [-0.3, -0.25) is 9.59 Å². The summed E-state index contributed by atoms with van der Waals surface area (Å²) in [5, 5.41) is 9.52. The van der Waals surface area contributed by atoms with Crippen LogP contribution in [0.15, 0.2) is 0 Å². The van der Waals surface area contributed by atoms with Crippen molar-refractivity contribution in [3.05, 3.63) is 0 Å². The van der Waals surface area contributed by atoms with Crippen LogP contribution in [0.3, 0.4) is 0 Å². The molecule has 1 rings (SSSR count). The van der Waals surface area contributed by atoms with Crippen LogP contribution in [0.2, 0.25) is 0 Å². The predicted octanol–water partition coefficient (Wildman–Crippen LogP) is 8.32. The highest BCUT2D eigenvalue weighted by Gasteiger charge is 2.37. The maximum absolute atomic E-state index is 12.9. The predicted molar refractivity (Wildman–Crippen MR) is 133 cm³/mol. The fourth-order valence-electron chi connectivity index (χ4n) is 5.01. The Morgan fingerprint density at radius 2 is 1.22 bits per heavy atom. The number of carbonyl (C=O) groups is 2. The van der Waals surface area contributed by atoms with Crippen molar-refractivity contribution < 1.29 is 19.4 Å². The molecule has 0 saturated heterocycles. The molecule has 0 radical (unpaired) electrons. The van der Waals surface area contributed by atoms with Crippen LogP contribution >= 0.6 is 0 Å². The van der Waals surface area contributed by atoms with Crippen molar-refractivity contribution >= 4 is 11.9 Å². The van der Waals surface area contributed by atoms with E-state index < -0.39 is 17.8 Å². The number of hydrogen-bond acceptors (Lipinski definition) is 3. The Morgan fingerprint density at radius 3 is 1.72 bits per heavy atom. The lowest BCUT2D eigenvalue weighted by atomic mass is 9.79. The third-order valence-electron chi connectivity index (χ3n) is 7.11. The van der Waals surface area contributed by atoms with Gasteiger partial charge < -0.3 is 9.84 Å². The average Bonchev–Trinajstić information content (AvgIpc) is 2.77. The number of ether oxygens (including phenoxy) is 1. The Morgan fingerprint density at radius 1 is 0.750 bits per heavy atom. The fourth-order valence-corrected chi connectivity index (χ4v) is 5.01. The first-order valence-electron chi connectivity index (χ1n) is 13.9. The number of aliphatic carboxylic acids is 1. The minimum Gasteiger partial charge on any atom is -0.481 e. The number of carbonyl (C=O) groups excluding carboxylic acids is 1. The SMILES string of the molecule is CCCCCCCCCCC(CCCCCCC(C)C)OC(=O)C1CCCCC1C(=O)O. The van der Waals surface area contributed by atoms with Crippen molar-refractivity contribution in [1.82, 2.24) is 0 Å². The molecule has 0 heterocycles. The summed E-state index contributed by atoms with van der Waals surface area (Å²) in [6, 6.07) is 0. The molecule has 0 aromatic rings. The third kappa shape index (κ3) is 13.5. The van der Waals surface area contributed by atoms with Crippen molar-refractivity contribution in [1.29, 1.82) is 0 Å². The maximum Gasteiger partial charge on any atom is 0.310 e. The summed E-state index contributed by atoms with van der Waals surface area (Å²) in [5.41, 5.74) is 0. The number of hydrogen-bond donors (Lipinski definition) is 1. The topological polar surface area (TPSA) is 63.6 Å². The van der Waals surface area contributed by atoms with Gasteiger partial charge in [0.15, 0.2) is 0 Å². The molecule has 32 heavy (non-hydrogen) atoms. The highest BCUT2D eigenvalue weighted by atomic mass is 16.5. The van der Waals surface area contributed by atoms with Gasteiger partial charge in [-0.15, -0.1) is 0 Å². The largest absolute Gasteiger partial charge is 0.481 e. The highest BCUT2D eigenvalue weighted by Crippen LogP contribution is 2.32. The van der Waals surface area contributed by atoms with Crippen LogP contribution in [-0.2, 0) is 14.3 Å². The zero-order valence-corrected chi connectivity index (χ0v) is 21.4. The highest BCUT2D eigenvalue weighted by molar-refractivity contribution is 5.81. The molecule has 0 spiro atoms. The Bertz CT molecular complexity index is 488. The van der Waals surface area contributed by atoms with E-state index in [0.717, 1.165) is 44.4 Å². The Labute approximate surface area is 198 Å². The second-order valence-corrected chi connectivity index (χ2v) is 10.5. The van der Waals surface area contributed by atoms with Crippen molar-refractivity contribution in [2.24, 2.45) is 17.8 Å². The molecule has 1 fully saturated rings. The van der Waals surface area contributed by atoms with E-state index in [4.69, 9.17) is 4.74 Å². The molecule has 0 aliphatic heterocycles. The third-order valence-corrected chi connectivity index (χ3v) is 7.11. The van der Waals surface area contributed by atoms with Crippen molar-refractivity contribution in [3.8, 4) is 0 Å². The molecule has 1 N–H and O–H groups in total. The first-order valence-corrected chi connectivity index (χ1v) is 13.9. The van der Waals surface area contributed by atoms with Gasteiger partial charge in [0.2, 0.25) is 0 Å². The van der Waals surface area contributed by atoms with Crippen molar-refractivity contribution in [3.63, 3.8) is 0 Å². The summed E-state index contributed by atoms with van der Waals surface area (Å²) >= 11 is 0. The van der Waals surface area contributed by atoms with Crippen molar-refractivity contribution in [2.45, 2.75) is 149 Å². The van der Waals surface area contributed by atoms with Crippen LogP contribution in [0, 0.1) is 17.8 Å². The smallest absolute Gasteiger partial charge is 0.310 e. The molecule has 1 aliphatic rings. The van der Waals surface area contributed by atoms with Crippen LogP contribution in [-0.4, -0.2) is 23.1 Å². The summed E-state index contributed by atoms with van der Waals surface area (Å²) in [6.07, 6.45) is 21.2. The van der Waals surface area contributed by atoms with Crippen molar-refractivity contribution in [2.75, 3.05) is 0 Å². The quantitative estimate of drug-likeness (QED) is 0.158. The molecule has 0 amide bonds. The molecule has 0 aromatic heterocycles. The molecule has 1 saturated carbocycles. The van der Waals surface area contributed by atoms with E-state index in [2.05, 4.69) is 20.8 Å². The second-order valence-electron chi connectivity index (χ2n) is 10.5. The van der Waals surface area contributed by atoms with Gasteiger partial charge in [0.1, 0.15) is 6.10 Å². The van der Waals surface area contributed by atoms with Crippen LogP contribution in [0.5, 0.6) is 0 Å². The molecule has 4 heteroatoms. The van der Waals surface area contributed by atoms with Gasteiger partial charge in [0.05, 0.1) is 11.8 Å². The first kappa shape index (κ1) is 29.0. The molecule has 4 nitrogen and oxygen atoms in total. The van der Waals surface area contributed by atoms with E-state index in [0.29, 0.717) is 12.8 Å². The fraction of sp³-hybridized carbons (Fsp3) is 0.929. The standard InChI is InChI=1S/C28H52O4/c1-4-5-6-7-8-9-10-14-19-24(20-15-12-11-13-18-23(2)3)32-28(31)26-22-17-16-21-25(26)27(29)30/h23-26H,4-22H2,1-3H3,(H,29,30). The average molecular weight is 453 g/mol. The lowest BCUT2D eigenvalue weighted by molar-refractivity contribution is -0.164. The molecule has 3 unspecified atom stereocenters. The number of carboxylic acid groups (broad SMARTS) is 1. The second kappa shape index (κ2) is 18.4. The minimum absolute atomic E-state index is 0.0379. The van der Waals surface area contributed by atoms with Gasteiger partial charge in [-0.2, -0.15) is 0 Å². The van der Waals surface area contributed by atoms with Crippen LogP contribution in [0.25, 0.3) is 0 Å². The van der Waals surface area contributed by atoms with E-state index in [1.165, 1.54) is 70.6 Å². The monoisotopic (exact) mass is 452 g/mol. The molecule has 1 aliphatic carbocycles. The van der Waals surface area contributed by atoms with E-state index >= 15 is 0 Å². The summed E-state index contributed by atoms with van der Waals surface area (Å²) in [4.78, 5) is 24.5. The lowest BCUT2D eigenvalue weighted by Crippen LogP contribution is -2.35. The van der Waals surface area contributed by atoms with E-state index in [-0.39, 0.29) is 12.1 Å². The number of unbranched alkanes of at least 4 members (excludes halogenated alkanes) is 10.